The van der Waals surface area contributed by atoms with Crippen molar-refractivity contribution in [2.75, 3.05) is 13.7 Å². The molecule has 1 aliphatic heterocycles. The SMILES string of the molecule is COc1ccc(C(C)=NNC(=O)C2C(=O)NCC2c2ccccc2)cc1[N+](=O)[O-]. The largest absolute Gasteiger partial charge is 0.490 e. The number of nitro benzene ring substituents is 1. The first-order valence-corrected chi connectivity index (χ1v) is 8.92. The second kappa shape index (κ2) is 8.51. The van der Waals surface area contributed by atoms with Gasteiger partial charge in [-0.05, 0) is 24.6 Å². The molecule has 2 amide bonds. The van der Waals surface area contributed by atoms with E-state index in [1.54, 1.807) is 13.0 Å². The van der Waals surface area contributed by atoms with Gasteiger partial charge < -0.3 is 10.1 Å². The number of methoxy groups -OCH3 is 1. The Morgan fingerprint density at radius 2 is 2.00 bits per heavy atom. The van der Waals surface area contributed by atoms with Crippen LogP contribution in [0.1, 0.15) is 24.0 Å². The van der Waals surface area contributed by atoms with E-state index in [1.165, 1.54) is 19.2 Å². The number of nitrogens with one attached hydrogen (secondary N) is 2. The summed E-state index contributed by atoms with van der Waals surface area (Å²) in [5.41, 5.74) is 3.91. The van der Waals surface area contributed by atoms with Gasteiger partial charge in [0.25, 0.3) is 5.91 Å². The van der Waals surface area contributed by atoms with E-state index in [0.717, 1.165) is 5.56 Å². The molecule has 2 aromatic rings. The topological polar surface area (TPSA) is 123 Å². The van der Waals surface area contributed by atoms with Gasteiger partial charge in [-0.3, -0.25) is 19.7 Å². The van der Waals surface area contributed by atoms with Gasteiger partial charge >= 0.3 is 5.69 Å². The summed E-state index contributed by atoms with van der Waals surface area (Å²) in [6.07, 6.45) is 0. The maximum absolute atomic E-state index is 12.6. The van der Waals surface area contributed by atoms with Crippen LogP contribution in [0, 0.1) is 16.0 Å². The minimum atomic E-state index is -0.904. The average Bonchev–Trinajstić information content (AvgIpc) is 3.13. The fourth-order valence-electron chi connectivity index (χ4n) is 3.26. The quantitative estimate of drug-likeness (QED) is 0.334. The Kier molecular flexibility index (Phi) is 5.87. The minimum Gasteiger partial charge on any atom is -0.490 e. The number of carbonyl (C=O) groups excluding carboxylic acids is 2. The van der Waals surface area contributed by atoms with Crippen molar-refractivity contribution in [1.29, 1.82) is 0 Å². The third-order valence-electron chi connectivity index (χ3n) is 4.82. The van der Waals surface area contributed by atoms with Gasteiger partial charge in [0.2, 0.25) is 5.91 Å². The van der Waals surface area contributed by atoms with Crippen molar-refractivity contribution < 1.29 is 19.2 Å². The number of amides is 2. The third kappa shape index (κ3) is 4.23. The van der Waals surface area contributed by atoms with Crippen molar-refractivity contribution in [2.45, 2.75) is 12.8 Å². The first-order valence-electron chi connectivity index (χ1n) is 8.92. The Morgan fingerprint density at radius 1 is 1.28 bits per heavy atom. The summed E-state index contributed by atoms with van der Waals surface area (Å²) >= 11 is 0. The lowest BCUT2D eigenvalue weighted by molar-refractivity contribution is -0.385. The summed E-state index contributed by atoms with van der Waals surface area (Å²) in [6, 6.07) is 13.7. The van der Waals surface area contributed by atoms with Crippen molar-refractivity contribution >= 4 is 23.2 Å². The molecular weight excluding hydrogens is 376 g/mol. The Morgan fingerprint density at radius 3 is 2.66 bits per heavy atom. The fourth-order valence-corrected chi connectivity index (χ4v) is 3.26. The summed E-state index contributed by atoms with van der Waals surface area (Å²) in [4.78, 5) is 35.5. The molecule has 1 saturated heterocycles. The highest BCUT2D eigenvalue weighted by Crippen LogP contribution is 2.29. The molecule has 2 aromatic carbocycles. The number of nitro groups is 1. The second-order valence-electron chi connectivity index (χ2n) is 6.56. The Hall–Kier alpha value is -3.75. The summed E-state index contributed by atoms with van der Waals surface area (Å²) in [5, 5.41) is 17.9. The molecule has 0 bridgehead atoms. The van der Waals surface area contributed by atoms with Gasteiger partial charge in [0.15, 0.2) is 5.75 Å². The zero-order valence-corrected chi connectivity index (χ0v) is 15.9. The van der Waals surface area contributed by atoms with Crippen LogP contribution in [0.25, 0.3) is 0 Å². The van der Waals surface area contributed by atoms with Crippen molar-refractivity contribution in [2.24, 2.45) is 11.0 Å². The molecule has 0 aliphatic carbocycles. The number of nitrogens with zero attached hydrogens (tertiary/aromatic N) is 2. The standard InChI is InChI=1S/C20H20N4O5/c1-12(14-8-9-17(29-2)16(10-14)24(27)28)22-23-20(26)18-15(11-21-19(18)25)13-6-4-3-5-7-13/h3-10,15,18H,11H2,1-2H3,(H,21,25)(H,23,26). The van der Waals surface area contributed by atoms with E-state index >= 15 is 0 Å². The van der Waals surface area contributed by atoms with E-state index in [2.05, 4.69) is 15.8 Å². The molecule has 0 aromatic heterocycles. The monoisotopic (exact) mass is 396 g/mol. The molecule has 1 aliphatic rings. The van der Waals surface area contributed by atoms with Crippen LogP contribution in [-0.2, 0) is 9.59 Å². The number of hydrogen-bond donors (Lipinski definition) is 2. The van der Waals surface area contributed by atoms with Crippen LogP contribution in [0.3, 0.4) is 0 Å². The molecule has 1 fully saturated rings. The van der Waals surface area contributed by atoms with E-state index in [4.69, 9.17) is 4.74 Å². The van der Waals surface area contributed by atoms with Gasteiger partial charge in [-0.2, -0.15) is 5.10 Å². The molecule has 2 N–H and O–H groups in total. The zero-order chi connectivity index (χ0) is 21.0. The van der Waals surface area contributed by atoms with E-state index in [9.17, 15) is 19.7 Å². The van der Waals surface area contributed by atoms with Crippen LogP contribution >= 0.6 is 0 Å². The molecule has 3 rings (SSSR count). The first kappa shape index (κ1) is 20.0. The summed E-state index contributed by atoms with van der Waals surface area (Å²) < 4.78 is 4.98. The smallest absolute Gasteiger partial charge is 0.311 e. The van der Waals surface area contributed by atoms with Crippen molar-refractivity contribution in [3.05, 3.63) is 69.8 Å². The van der Waals surface area contributed by atoms with Crippen molar-refractivity contribution in [3.8, 4) is 5.75 Å². The minimum absolute atomic E-state index is 0.129. The lowest BCUT2D eigenvalue weighted by Gasteiger charge is -2.15. The Labute approximate surface area is 166 Å². The number of ether oxygens (including phenoxy) is 1. The van der Waals surface area contributed by atoms with Crippen LogP contribution in [0.2, 0.25) is 0 Å². The number of hydrogen-bond acceptors (Lipinski definition) is 6. The Bertz CT molecular complexity index is 974. The molecule has 2 unspecified atom stereocenters. The van der Waals surface area contributed by atoms with Crippen LogP contribution in [0.4, 0.5) is 5.69 Å². The van der Waals surface area contributed by atoms with E-state index in [-0.39, 0.29) is 23.3 Å². The predicted octanol–water partition coefficient (Wildman–Crippen LogP) is 1.97. The highest BCUT2D eigenvalue weighted by Gasteiger charge is 2.41. The maximum atomic E-state index is 12.6. The first-order chi connectivity index (χ1) is 13.9. The van der Waals surface area contributed by atoms with Gasteiger partial charge in [-0.25, -0.2) is 5.43 Å². The zero-order valence-electron chi connectivity index (χ0n) is 15.9. The Balaban J connectivity index is 1.78. The van der Waals surface area contributed by atoms with E-state index < -0.39 is 16.7 Å². The normalized spacial score (nSPS) is 18.8. The molecule has 0 radical (unpaired) electrons. The number of carbonyl (C=O) groups is 2. The number of rotatable bonds is 6. The lowest BCUT2D eigenvalue weighted by Crippen LogP contribution is -2.35. The highest BCUT2D eigenvalue weighted by molar-refractivity contribution is 6.04. The molecular formula is C20H20N4O5. The molecule has 0 spiro atoms. The molecule has 0 saturated carbocycles. The van der Waals surface area contributed by atoms with Gasteiger partial charge in [0, 0.05) is 24.1 Å². The van der Waals surface area contributed by atoms with Crippen molar-refractivity contribution in [1.82, 2.24) is 10.7 Å². The second-order valence-corrected chi connectivity index (χ2v) is 6.56. The van der Waals surface area contributed by atoms with E-state index in [0.29, 0.717) is 17.8 Å². The molecule has 150 valence electrons. The maximum Gasteiger partial charge on any atom is 0.311 e. The summed E-state index contributed by atoms with van der Waals surface area (Å²) in [6.45, 7) is 1.98. The number of hydrazone groups is 1. The molecule has 29 heavy (non-hydrogen) atoms. The summed E-state index contributed by atoms with van der Waals surface area (Å²) in [5.74, 6) is -1.95. The van der Waals surface area contributed by atoms with Crippen LogP contribution in [0.15, 0.2) is 53.6 Å². The van der Waals surface area contributed by atoms with Gasteiger partial charge in [0.05, 0.1) is 17.7 Å². The van der Waals surface area contributed by atoms with E-state index in [1.807, 2.05) is 30.3 Å². The van der Waals surface area contributed by atoms with Gasteiger partial charge in [0.1, 0.15) is 5.92 Å². The lowest BCUT2D eigenvalue weighted by atomic mass is 9.88. The molecule has 2 atom stereocenters. The van der Waals surface area contributed by atoms with Crippen LogP contribution in [-0.4, -0.2) is 36.1 Å². The molecule has 9 nitrogen and oxygen atoms in total. The summed E-state index contributed by atoms with van der Waals surface area (Å²) in [7, 11) is 1.35. The van der Waals surface area contributed by atoms with Crippen molar-refractivity contribution in [3.63, 3.8) is 0 Å². The molecule has 9 heteroatoms. The van der Waals surface area contributed by atoms with Gasteiger partial charge in [-0.1, -0.05) is 30.3 Å². The highest BCUT2D eigenvalue weighted by atomic mass is 16.6. The van der Waals surface area contributed by atoms with Gasteiger partial charge in [-0.15, -0.1) is 0 Å². The third-order valence-corrected chi connectivity index (χ3v) is 4.82. The fraction of sp³-hybridized carbons (Fsp3) is 0.250. The van der Waals surface area contributed by atoms with Crippen LogP contribution < -0.4 is 15.5 Å². The van der Waals surface area contributed by atoms with Crippen LogP contribution in [0.5, 0.6) is 5.75 Å². The average molecular weight is 396 g/mol. The number of benzene rings is 2. The predicted molar refractivity (Wildman–Crippen MR) is 106 cm³/mol. The molecule has 1 heterocycles.